The lowest BCUT2D eigenvalue weighted by molar-refractivity contribution is -0.158. The molecule has 0 aromatic heterocycles. The van der Waals surface area contributed by atoms with E-state index in [-0.39, 0.29) is 74.8 Å². The molecule has 1 heterocycles. The fourth-order valence-corrected chi connectivity index (χ4v) is 7.77. The minimum absolute atomic E-state index is 0.0336. The van der Waals surface area contributed by atoms with Gasteiger partial charge < -0.3 is 24.3 Å². The Morgan fingerprint density at radius 1 is 0.515 bits per heavy atom. The molecule has 0 atom stereocenters. The molecule has 1 aliphatic heterocycles. The van der Waals surface area contributed by atoms with E-state index >= 15 is 0 Å². The molecule has 0 spiro atoms. The molecule has 1 saturated heterocycles. The number of ether oxygens (including phenoxy) is 4. The topological polar surface area (TPSA) is 188 Å². The van der Waals surface area contributed by atoms with Gasteiger partial charge in [-0.1, -0.05) is 55.0 Å². The Morgan fingerprint density at radius 2 is 0.909 bits per heavy atom. The van der Waals surface area contributed by atoms with Crippen LogP contribution in [0.25, 0.3) is 11.1 Å². The third-order valence-corrected chi connectivity index (χ3v) is 10.7. The molecule has 1 aliphatic carbocycles. The zero-order valence-corrected chi connectivity index (χ0v) is 40.8. The third-order valence-electron chi connectivity index (χ3n) is 10.7. The summed E-state index contributed by atoms with van der Waals surface area (Å²) in [6.45, 7) is 20.7. The van der Waals surface area contributed by atoms with Crippen molar-refractivity contribution in [2.45, 2.75) is 111 Å². The minimum atomic E-state index is -0.737. The molecule has 2 aromatic rings. The molecule has 366 valence electrons. The fourth-order valence-electron chi connectivity index (χ4n) is 7.77. The summed E-state index contributed by atoms with van der Waals surface area (Å²) in [6, 6.07) is 16.1. The second kappa shape index (κ2) is 25.1. The average Bonchev–Trinajstić information content (AvgIpc) is 3.52. The third kappa shape index (κ3) is 20.2. The number of unbranched alkanes of at least 4 members (excludes halogenated alkanes) is 2. The summed E-state index contributed by atoms with van der Waals surface area (Å²) < 4.78 is 22.4. The van der Waals surface area contributed by atoms with Crippen molar-refractivity contribution >= 4 is 35.8 Å². The van der Waals surface area contributed by atoms with Crippen LogP contribution in [0.4, 0.5) is 4.79 Å². The van der Waals surface area contributed by atoms with Crippen LogP contribution >= 0.6 is 0 Å². The normalized spacial score (nSPS) is 16.1. The summed E-state index contributed by atoms with van der Waals surface area (Å²) in [5.41, 5.74) is 7.24. The molecule has 17 nitrogen and oxygen atoms in total. The first-order chi connectivity index (χ1) is 31.0. The van der Waals surface area contributed by atoms with E-state index in [9.17, 15) is 28.8 Å². The molecule has 2 aromatic carbocycles. The molecule has 0 saturated carbocycles. The van der Waals surface area contributed by atoms with Gasteiger partial charge in [0.15, 0.2) is 0 Å². The van der Waals surface area contributed by atoms with Crippen molar-refractivity contribution in [1.82, 2.24) is 35.8 Å². The van der Waals surface area contributed by atoms with Crippen LogP contribution in [0.5, 0.6) is 0 Å². The van der Waals surface area contributed by atoms with Gasteiger partial charge >= 0.3 is 24.0 Å². The lowest BCUT2D eigenvalue weighted by atomic mass is 9.98. The van der Waals surface area contributed by atoms with Crippen LogP contribution in [-0.4, -0.2) is 164 Å². The number of hydrazine groups is 1. The molecule has 0 radical (unpaired) electrons. The summed E-state index contributed by atoms with van der Waals surface area (Å²) in [5, 5.41) is 2.99. The van der Waals surface area contributed by atoms with Crippen molar-refractivity contribution in [3.8, 4) is 11.1 Å². The van der Waals surface area contributed by atoms with Gasteiger partial charge in [0.1, 0.15) is 23.4 Å². The molecule has 2 aliphatic rings. The van der Waals surface area contributed by atoms with E-state index in [1.165, 1.54) is 0 Å². The quantitative estimate of drug-likeness (QED) is 0.0926. The van der Waals surface area contributed by atoms with Crippen LogP contribution in [0.15, 0.2) is 48.5 Å². The van der Waals surface area contributed by atoms with Crippen LogP contribution in [-0.2, 0) is 42.9 Å². The number of amides is 3. The molecular formula is C49H75N7O10. The van der Waals surface area contributed by atoms with Gasteiger partial charge in [0.25, 0.3) is 0 Å². The molecular weight excluding hydrogens is 847 g/mol. The van der Waals surface area contributed by atoms with Gasteiger partial charge in [-0.15, -0.1) is 0 Å². The van der Waals surface area contributed by atoms with Gasteiger partial charge in [0.05, 0.1) is 26.2 Å². The van der Waals surface area contributed by atoms with Crippen molar-refractivity contribution in [1.29, 1.82) is 0 Å². The smallest absolute Gasteiger partial charge is 0.426 e. The van der Waals surface area contributed by atoms with Crippen molar-refractivity contribution in [3.05, 3.63) is 59.7 Å². The van der Waals surface area contributed by atoms with Crippen LogP contribution in [0.3, 0.4) is 0 Å². The average molecular weight is 922 g/mol. The Balaban J connectivity index is 1.25. The molecule has 0 bridgehead atoms. The molecule has 1 fully saturated rings. The van der Waals surface area contributed by atoms with Crippen molar-refractivity contribution in [2.24, 2.45) is 0 Å². The number of benzene rings is 2. The number of fused-ring (bicyclic) bond motifs is 3. The summed E-state index contributed by atoms with van der Waals surface area (Å²) in [6.07, 6.45) is 1.32. The maximum absolute atomic E-state index is 13.3. The van der Waals surface area contributed by atoms with E-state index < -0.39 is 22.9 Å². The number of hydrogen-bond acceptors (Lipinski definition) is 14. The minimum Gasteiger partial charge on any atom is -0.459 e. The Bertz CT molecular complexity index is 1850. The van der Waals surface area contributed by atoms with Crippen LogP contribution in [0.2, 0.25) is 0 Å². The Kier molecular flexibility index (Phi) is 20.4. The van der Waals surface area contributed by atoms with Gasteiger partial charge in [-0.25, -0.2) is 10.2 Å². The molecule has 4 rings (SSSR count). The number of hydrogen-bond donors (Lipinski definition) is 3. The molecule has 3 amide bonds. The standard InChI is InChI=1S/C49H75N7O10/c1-47(2,3)64-43(59)32-54-25-23-53(24-26-55(33-44(60)65-48(4,5)6)28-30-56(29-27-54)34-45(61)66-49(7,8)9)31-42(58)50-22-16-10-11-21-41(57)51-52-46(62)63-35-40-38-19-14-12-17-36(38)37-18-13-15-20-39(37)40/h12-15,17-20,40H,10-11,16,21-35H2,1-9H3,(H,50,58)(H,51,57)(H,52,62). The largest absolute Gasteiger partial charge is 0.459 e. The number of carbonyl (C=O) groups is 6. The van der Waals surface area contributed by atoms with E-state index in [0.717, 1.165) is 22.3 Å². The van der Waals surface area contributed by atoms with Crippen molar-refractivity contribution in [3.63, 3.8) is 0 Å². The van der Waals surface area contributed by atoms with Crippen LogP contribution in [0, 0.1) is 0 Å². The second-order valence-electron chi connectivity index (χ2n) is 20.0. The summed E-state index contributed by atoms with van der Waals surface area (Å²) in [7, 11) is 0. The van der Waals surface area contributed by atoms with Gasteiger partial charge in [-0.05, 0) is 97.4 Å². The van der Waals surface area contributed by atoms with Crippen LogP contribution < -0.4 is 16.2 Å². The van der Waals surface area contributed by atoms with Gasteiger partial charge in [-0.2, -0.15) is 0 Å². The predicted molar refractivity (Wildman–Crippen MR) is 251 cm³/mol. The van der Waals surface area contributed by atoms with E-state index in [1.54, 1.807) is 0 Å². The van der Waals surface area contributed by atoms with Crippen molar-refractivity contribution in [2.75, 3.05) is 91.7 Å². The molecule has 66 heavy (non-hydrogen) atoms. The fraction of sp³-hybridized carbons (Fsp3) is 0.633. The number of carbonyl (C=O) groups excluding carboxylic acids is 6. The number of rotatable bonds is 16. The molecule has 0 unspecified atom stereocenters. The number of esters is 3. The first kappa shape index (κ1) is 53.5. The summed E-state index contributed by atoms with van der Waals surface area (Å²) in [4.78, 5) is 85.2. The van der Waals surface area contributed by atoms with Crippen molar-refractivity contribution < 1.29 is 47.7 Å². The van der Waals surface area contributed by atoms with E-state index in [1.807, 2.05) is 118 Å². The van der Waals surface area contributed by atoms with E-state index in [0.29, 0.717) is 78.2 Å². The summed E-state index contributed by atoms with van der Waals surface area (Å²) in [5.74, 6) is -1.72. The van der Waals surface area contributed by atoms with Gasteiger partial charge in [0.2, 0.25) is 11.8 Å². The lowest BCUT2D eigenvalue weighted by Gasteiger charge is -2.34. The summed E-state index contributed by atoms with van der Waals surface area (Å²) >= 11 is 0. The monoisotopic (exact) mass is 922 g/mol. The highest BCUT2D eigenvalue weighted by Gasteiger charge is 2.30. The zero-order valence-electron chi connectivity index (χ0n) is 40.8. The second-order valence-corrected chi connectivity index (χ2v) is 20.0. The van der Waals surface area contributed by atoms with Crippen LogP contribution in [0.1, 0.15) is 105 Å². The highest BCUT2D eigenvalue weighted by atomic mass is 16.6. The van der Waals surface area contributed by atoms with E-state index in [2.05, 4.69) is 28.3 Å². The molecule has 3 N–H and O–H groups in total. The zero-order chi connectivity index (χ0) is 48.5. The maximum atomic E-state index is 13.3. The number of nitrogens with one attached hydrogen (secondary N) is 3. The van der Waals surface area contributed by atoms with E-state index in [4.69, 9.17) is 18.9 Å². The van der Waals surface area contributed by atoms with Gasteiger partial charge in [0, 0.05) is 71.2 Å². The lowest BCUT2D eigenvalue weighted by Crippen LogP contribution is -2.50. The Morgan fingerprint density at radius 3 is 1.32 bits per heavy atom. The first-order valence-corrected chi connectivity index (χ1v) is 23.2. The highest BCUT2D eigenvalue weighted by molar-refractivity contribution is 5.81. The SMILES string of the molecule is CC(C)(C)OC(=O)CN1CCN(CC(=O)NCCCCCC(=O)NNC(=O)OCC2c3ccccc3-c3ccccc32)CCN(CC(=O)OC(C)(C)C)CCN(CC(=O)OC(C)(C)C)CC1. The molecule has 17 heteroatoms. The highest BCUT2D eigenvalue weighted by Crippen LogP contribution is 2.44. The predicted octanol–water partition coefficient (Wildman–Crippen LogP) is 4.48. The van der Waals surface area contributed by atoms with Gasteiger partial charge in [-0.3, -0.25) is 49.0 Å². The Labute approximate surface area is 391 Å². The number of nitrogens with zero attached hydrogens (tertiary/aromatic N) is 4. The maximum Gasteiger partial charge on any atom is 0.426 e. The first-order valence-electron chi connectivity index (χ1n) is 23.2. The Hall–Kier alpha value is -5.10.